The fourth-order valence-corrected chi connectivity index (χ4v) is 3.64. The van der Waals surface area contributed by atoms with Crippen molar-refractivity contribution in [1.82, 2.24) is 14.7 Å². The highest BCUT2D eigenvalue weighted by atomic mass is 16.5. The van der Waals surface area contributed by atoms with E-state index in [9.17, 15) is 19.2 Å². The van der Waals surface area contributed by atoms with Crippen LogP contribution in [0.25, 0.3) is 5.69 Å². The number of amides is 2. The molecule has 0 spiro atoms. The summed E-state index contributed by atoms with van der Waals surface area (Å²) < 4.78 is 13.7. The molecule has 4 aromatic rings. The normalized spacial score (nSPS) is 10.5. The predicted octanol–water partition coefficient (Wildman–Crippen LogP) is 3.19. The molecule has 0 atom stereocenters. The zero-order valence-electron chi connectivity index (χ0n) is 20.8. The minimum Gasteiger partial charge on any atom is -0.457 e. The van der Waals surface area contributed by atoms with Crippen molar-refractivity contribution in [3.05, 3.63) is 107 Å². The van der Waals surface area contributed by atoms with E-state index < -0.39 is 36.5 Å². The van der Waals surface area contributed by atoms with Crippen molar-refractivity contribution in [3.63, 3.8) is 0 Å². The van der Waals surface area contributed by atoms with Crippen LogP contribution in [0.3, 0.4) is 0 Å². The van der Waals surface area contributed by atoms with E-state index in [1.54, 1.807) is 67.2 Å². The average molecular weight is 515 g/mol. The lowest BCUT2D eigenvalue weighted by molar-refractivity contribution is -0.146. The molecule has 1 aromatic heterocycles. The maximum Gasteiger partial charge on any atom is 0.325 e. The van der Waals surface area contributed by atoms with Crippen molar-refractivity contribution >= 4 is 23.5 Å². The van der Waals surface area contributed by atoms with Crippen LogP contribution in [0.2, 0.25) is 0 Å². The fourth-order valence-electron chi connectivity index (χ4n) is 3.64. The summed E-state index contributed by atoms with van der Waals surface area (Å²) in [5.41, 5.74) is 1.18. The number of nitrogens with one attached hydrogen (secondary N) is 2. The van der Waals surface area contributed by atoms with Gasteiger partial charge in [0, 0.05) is 12.6 Å². The molecule has 10 heteroatoms. The number of carbonyl (C=O) groups is 3. The zero-order valence-corrected chi connectivity index (χ0v) is 20.8. The number of esters is 1. The summed E-state index contributed by atoms with van der Waals surface area (Å²) >= 11 is 0. The van der Waals surface area contributed by atoms with E-state index in [-0.39, 0.29) is 5.69 Å². The third-order valence-corrected chi connectivity index (χ3v) is 5.67. The van der Waals surface area contributed by atoms with E-state index in [1.165, 1.54) is 4.68 Å². The highest BCUT2D eigenvalue weighted by Gasteiger charge is 2.19. The Kier molecular flexibility index (Phi) is 8.02. The van der Waals surface area contributed by atoms with Gasteiger partial charge in [0.2, 0.25) is 0 Å². The van der Waals surface area contributed by atoms with Crippen LogP contribution in [0.15, 0.2) is 89.7 Å². The minimum absolute atomic E-state index is 0.0883. The number of benzene rings is 3. The van der Waals surface area contributed by atoms with Crippen LogP contribution in [0.1, 0.15) is 16.1 Å². The van der Waals surface area contributed by atoms with Gasteiger partial charge in [0.05, 0.1) is 11.4 Å². The van der Waals surface area contributed by atoms with Gasteiger partial charge in [-0.2, -0.15) is 0 Å². The van der Waals surface area contributed by atoms with Gasteiger partial charge in [0.1, 0.15) is 23.7 Å². The number of para-hydroxylation sites is 2. The lowest BCUT2D eigenvalue weighted by atomic mass is 10.2. The fraction of sp³-hybridized carbons (Fsp3) is 0.143. The molecule has 2 N–H and O–H groups in total. The van der Waals surface area contributed by atoms with Crippen molar-refractivity contribution in [1.29, 1.82) is 0 Å². The number of nitrogens with zero attached hydrogens (tertiary/aromatic N) is 2. The molecule has 0 aliphatic carbocycles. The lowest BCUT2D eigenvalue weighted by Crippen LogP contribution is -2.32. The summed E-state index contributed by atoms with van der Waals surface area (Å²) in [7, 11) is 1.70. The van der Waals surface area contributed by atoms with E-state index in [2.05, 4.69) is 10.6 Å². The maximum atomic E-state index is 12.9. The standard InChI is InChI=1S/C28H26N4O6/c1-19-26(28(36)32(31(19)2)21-9-5-3-6-10-21)30-24(33)18-37-25(34)17-29-27(35)20-13-15-23(16-14-20)38-22-11-7-4-8-12-22/h3-16H,17-18H2,1-2H3,(H,29,35)(H,30,33). The number of ether oxygens (including phenoxy) is 2. The van der Waals surface area contributed by atoms with E-state index in [1.807, 2.05) is 36.4 Å². The van der Waals surface area contributed by atoms with Crippen molar-refractivity contribution in [2.75, 3.05) is 18.5 Å². The molecule has 38 heavy (non-hydrogen) atoms. The molecule has 0 aliphatic heterocycles. The number of hydrogen-bond acceptors (Lipinski definition) is 6. The Morgan fingerprint density at radius 3 is 2.11 bits per heavy atom. The van der Waals surface area contributed by atoms with Crippen LogP contribution < -0.4 is 20.9 Å². The molecule has 10 nitrogen and oxygen atoms in total. The van der Waals surface area contributed by atoms with E-state index in [0.29, 0.717) is 28.4 Å². The molecule has 0 saturated carbocycles. The largest absolute Gasteiger partial charge is 0.457 e. The van der Waals surface area contributed by atoms with Gasteiger partial charge in [0.25, 0.3) is 17.4 Å². The number of anilines is 1. The van der Waals surface area contributed by atoms with Crippen LogP contribution in [-0.4, -0.2) is 40.3 Å². The summed E-state index contributed by atoms with van der Waals surface area (Å²) in [6.45, 7) is 0.650. The monoisotopic (exact) mass is 514 g/mol. The first-order chi connectivity index (χ1) is 18.3. The van der Waals surface area contributed by atoms with Crippen LogP contribution in [0, 0.1) is 6.92 Å². The molecule has 0 unspecified atom stereocenters. The maximum absolute atomic E-state index is 12.9. The van der Waals surface area contributed by atoms with Crippen LogP contribution in [0.5, 0.6) is 11.5 Å². The summed E-state index contributed by atoms with van der Waals surface area (Å²) in [6, 6.07) is 24.6. The van der Waals surface area contributed by atoms with Crippen LogP contribution >= 0.6 is 0 Å². The Labute approximate surface area is 218 Å². The van der Waals surface area contributed by atoms with Crippen molar-refractivity contribution in [2.24, 2.45) is 7.05 Å². The van der Waals surface area contributed by atoms with Gasteiger partial charge in [-0.1, -0.05) is 36.4 Å². The molecule has 4 rings (SSSR count). The molecule has 0 aliphatic rings. The minimum atomic E-state index is -0.802. The van der Waals surface area contributed by atoms with Crippen molar-refractivity contribution < 1.29 is 23.9 Å². The van der Waals surface area contributed by atoms with E-state index in [0.717, 1.165) is 0 Å². The first-order valence-corrected chi connectivity index (χ1v) is 11.7. The number of hydrogen-bond donors (Lipinski definition) is 2. The molecule has 194 valence electrons. The second-order valence-electron chi connectivity index (χ2n) is 8.27. The quantitative estimate of drug-likeness (QED) is 0.331. The van der Waals surface area contributed by atoms with Crippen molar-refractivity contribution in [2.45, 2.75) is 6.92 Å². The Morgan fingerprint density at radius 2 is 1.45 bits per heavy atom. The molecular formula is C28H26N4O6. The Morgan fingerprint density at radius 1 is 0.842 bits per heavy atom. The van der Waals surface area contributed by atoms with Gasteiger partial charge in [-0.3, -0.25) is 23.9 Å². The van der Waals surface area contributed by atoms with Gasteiger partial charge in [-0.05, 0) is 55.5 Å². The molecule has 0 bridgehead atoms. The average Bonchev–Trinajstić information content (AvgIpc) is 3.14. The van der Waals surface area contributed by atoms with Gasteiger partial charge in [-0.15, -0.1) is 0 Å². The molecule has 0 fully saturated rings. The third-order valence-electron chi connectivity index (χ3n) is 5.67. The van der Waals surface area contributed by atoms with E-state index >= 15 is 0 Å². The molecule has 2 amide bonds. The summed E-state index contributed by atoms with van der Waals surface area (Å²) in [5, 5.41) is 4.95. The summed E-state index contributed by atoms with van der Waals surface area (Å²) in [4.78, 5) is 49.6. The first-order valence-electron chi connectivity index (χ1n) is 11.7. The predicted molar refractivity (Wildman–Crippen MR) is 141 cm³/mol. The lowest BCUT2D eigenvalue weighted by Gasteiger charge is -2.08. The number of aromatic nitrogens is 2. The zero-order chi connectivity index (χ0) is 27.1. The van der Waals surface area contributed by atoms with Gasteiger partial charge < -0.3 is 20.1 Å². The van der Waals surface area contributed by atoms with Crippen molar-refractivity contribution in [3.8, 4) is 17.2 Å². The highest BCUT2D eigenvalue weighted by molar-refractivity contribution is 5.96. The summed E-state index contributed by atoms with van der Waals surface area (Å²) in [5.74, 6) is -0.740. The van der Waals surface area contributed by atoms with Gasteiger partial charge in [-0.25, -0.2) is 4.68 Å². The molecule has 3 aromatic carbocycles. The third kappa shape index (κ3) is 6.16. The highest BCUT2D eigenvalue weighted by Crippen LogP contribution is 2.21. The Hall–Kier alpha value is -5.12. The van der Waals surface area contributed by atoms with Gasteiger partial charge in [0.15, 0.2) is 6.61 Å². The summed E-state index contributed by atoms with van der Waals surface area (Å²) in [6.07, 6.45) is 0. The smallest absolute Gasteiger partial charge is 0.325 e. The Balaban J connectivity index is 1.25. The molecule has 0 saturated heterocycles. The molecule has 0 radical (unpaired) electrons. The van der Waals surface area contributed by atoms with Gasteiger partial charge >= 0.3 is 5.97 Å². The number of carbonyl (C=O) groups excluding carboxylic acids is 3. The number of rotatable bonds is 9. The topological polar surface area (TPSA) is 121 Å². The molecule has 1 heterocycles. The second kappa shape index (κ2) is 11.7. The van der Waals surface area contributed by atoms with Crippen LogP contribution in [-0.2, 0) is 21.4 Å². The van der Waals surface area contributed by atoms with Crippen LogP contribution in [0.4, 0.5) is 5.69 Å². The SMILES string of the molecule is Cc1c(NC(=O)COC(=O)CNC(=O)c2ccc(Oc3ccccc3)cc2)c(=O)n(-c2ccccc2)n1C. The first kappa shape index (κ1) is 26.0. The Bertz CT molecular complexity index is 1490. The van der Waals surface area contributed by atoms with E-state index in [4.69, 9.17) is 9.47 Å². The molecular weight excluding hydrogens is 488 g/mol. The second-order valence-corrected chi connectivity index (χ2v) is 8.27.